The van der Waals surface area contributed by atoms with Gasteiger partial charge >= 0.3 is 0 Å². The summed E-state index contributed by atoms with van der Waals surface area (Å²) < 4.78 is 31.0. The van der Waals surface area contributed by atoms with Crippen LogP contribution in [0.1, 0.15) is 66.3 Å². The zero-order valence-corrected chi connectivity index (χ0v) is 22.8. The Balaban J connectivity index is 1.90. The Morgan fingerprint density at radius 3 is 2.17 bits per heavy atom. The third-order valence-corrected chi connectivity index (χ3v) is 5.78. The van der Waals surface area contributed by atoms with Gasteiger partial charge in [-0.25, -0.2) is 4.21 Å². The van der Waals surface area contributed by atoms with Crippen molar-refractivity contribution < 1.29 is 33.1 Å². The molecular formula is C27H37NO7S. The van der Waals surface area contributed by atoms with Crippen molar-refractivity contribution in [1.29, 1.82) is 0 Å². The maximum atomic E-state index is 12.5. The molecular weight excluding hydrogens is 482 g/mol. The molecule has 0 saturated carbocycles. The van der Waals surface area contributed by atoms with Crippen molar-refractivity contribution in [1.82, 2.24) is 4.72 Å². The lowest BCUT2D eigenvalue weighted by Crippen LogP contribution is -2.29. The zero-order valence-electron chi connectivity index (χ0n) is 21.9. The van der Waals surface area contributed by atoms with E-state index in [0.717, 1.165) is 0 Å². The van der Waals surface area contributed by atoms with Gasteiger partial charge in [0.25, 0.3) is 5.91 Å². The van der Waals surface area contributed by atoms with Crippen LogP contribution in [0.3, 0.4) is 0 Å². The molecule has 0 aliphatic carbocycles. The Morgan fingerprint density at radius 1 is 1.03 bits per heavy atom. The Kier molecular flexibility index (Phi) is 9.81. The van der Waals surface area contributed by atoms with E-state index in [1.54, 1.807) is 31.2 Å². The second-order valence-corrected chi connectivity index (χ2v) is 12.2. The fraction of sp³-hybridized carbons (Fsp3) is 0.444. The SMILES string of the molecule is C=S(C)(=O)NC(=O)c1ccc(OC)c(OCCCCOc2ccc(C(=O)CC(C)(C)C)c(O)c2C)c1. The quantitative estimate of drug-likeness (QED) is 0.240. The Labute approximate surface area is 214 Å². The second kappa shape index (κ2) is 12.2. The lowest BCUT2D eigenvalue weighted by atomic mass is 9.87. The zero-order chi connectivity index (χ0) is 27.1. The molecule has 2 rings (SSSR count). The third-order valence-electron chi connectivity index (χ3n) is 5.16. The average molecular weight is 520 g/mol. The highest BCUT2D eigenvalue weighted by atomic mass is 32.2. The van der Waals surface area contributed by atoms with Crippen LogP contribution >= 0.6 is 0 Å². The van der Waals surface area contributed by atoms with Crippen LogP contribution in [-0.2, 0) is 9.71 Å². The Hall–Kier alpha value is -3.20. The molecule has 0 spiro atoms. The smallest absolute Gasteiger partial charge is 0.262 e. The molecule has 198 valence electrons. The summed E-state index contributed by atoms with van der Waals surface area (Å²) in [6, 6.07) is 8.02. The summed E-state index contributed by atoms with van der Waals surface area (Å²) in [5.41, 5.74) is 0.958. The van der Waals surface area contributed by atoms with Gasteiger partial charge in [0.2, 0.25) is 0 Å². The summed E-state index contributed by atoms with van der Waals surface area (Å²) in [6.45, 7) is 8.42. The van der Waals surface area contributed by atoms with Gasteiger partial charge in [0.1, 0.15) is 11.5 Å². The number of nitrogens with one attached hydrogen (secondary N) is 1. The summed E-state index contributed by atoms with van der Waals surface area (Å²) >= 11 is 0. The summed E-state index contributed by atoms with van der Waals surface area (Å²) in [5.74, 6) is 4.17. The molecule has 2 aromatic rings. The molecule has 36 heavy (non-hydrogen) atoms. The van der Waals surface area contributed by atoms with E-state index in [0.29, 0.717) is 60.9 Å². The van der Waals surface area contributed by atoms with Gasteiger partial charge in [-0.1, -0.05) is 20.8 Å². The van der Waals surface area contributed by atoms with E-state index in [2.05, 4.69) is 10.6 Å². The number of carbonyl (C=O) groups is 2. The Morgan fingerprint density at radius 2 is 1.61 bits per heavy atom. The van der Waals surface area contributed by atoms with Crippen LogP contribution in [0, 0.1) is 12.3 Å². The van der Waals surface area contributed by atoms with Gasteiger partial charge in [-0.05, 0) is 61.4 Å². The molecule has 2 aromatic carbocycles. The first-order valence-corrected chi connectivity index (χ1v) is 13.8. The number of carbonyl (C=O) groups excluding carboxylic acids is 2. The normalized spacial score (nSPS) is 12.9. The number of Topliss-reactive ketones (excluding diaryl/α,β-unsaturated/α-hetero) is 1. The molecule has 0 saturated heterocycles. The molecule has 8 nitrogen and oxygen atoms in total. The molecule has 0 aliphatic heterocycles. The number of hydrogen-bond acceptors (Lipinski definition) is 7. The van der Waals surface area contributed by atoms with Crippen molar-refractivity contribution in [2.75, 3.05) is 26.6 Å². The first-order valence-electron chi connectivity index (χ1n) is 11.7. The van der Waals surface area contributed by atoms with Gasteiger partial charge in [0, 0.05) is 33.5 Å². The number of ketones is 1. The van der Waals surface area contributed by atoms with E-state index in [-0.39, 0.29) is 22.5 Å². The number of ether oxygens (including phenoxy) is 3. The van der Waals surface area contributed by atoms with Crippen LogP contribution in [-0.4, -0.2) is 53.5 Å². The van der Waals surface area contributed by atoms with Crippen LogP contribution < -0.4 is 18.9 Å². The van der Waals surface area contributed by atoms with E-state index >= 15 is 0 Å². The Bertz CT molecular complexity index is 1200. The summed E-state index contributed by atoms with van der Waals surface area (Å²) in [6.07, 6.45) is 3.02. The predicted octanol–water partition coefficient (Wildman–Crippen LogP) is 4.56. The van der Waals surface area contributed by atoms with Crippen molar-refractivity contribution in [2.24, 2.45) is 5.41 Å². The minimum absolute atomic E-state index is 0.0427. The topological polar surface area (TPSA) is 111 Å². The van der Waals surface area contributed by atoms with Crippen LogP contribution in [0.15, 0.2) is 30.3 Å². The molecule has 0 radical (unpaired) electrons. The molecule has 0 aliphatic rings. The second-order valence-electron chi connectivity index (χ2n) is 9.95. The van der Waals surface area contributed by atoms with Crippen LogP contribution in [0.2, 0.25) is 0 Å². The molecule has 0 fully saturated rings. The van der Waals surface area contributed by atoms with Gasteiger partial charge in [-0.2, -0.15) is 0 Å². The number of amides is 1. The van der Waals surface area contributed by atoms with Crippen LogP contribution in [0.5, 0.6) is 23.0 Å². The minimum atomic E-state index is -2.69. The van der Waals surface area contributed by atoms with Crippen LogP contribution in [0.4, 0.5) is 0 Å². The van der Waals surface area contributed by atoms with E-state index in [4.69, 9.17) is 14.2 Å². The highest BCUT2D eigenvalue weighted by Gasteiger charge is 2.21. The van der Waals surface area contributed by atoms with Crippen molar-refractivity contribution in [3.63, 3.8) is 0 Å². The monoisotopic (exact) mass is 519 g/mol. The molecule has 1 atom stereocenters. The van der Waals surface area contributed by atoms with Gasteiger partial charge in [0.05, 0.1) is 25.9 Å². The molecule has 2 N–H and O–H groups in total. The number of hydrogen-bond donors (Lipinski definition) is 2. The molecule has 1 unspecified atom stereocenters. The number of rotatable bonds is 12. The third kappa shape index (κ3) is 8.78. The van der Waals surface area contributed by atoms with Crippen LogP contribution in [0.25, 0.3) is 0 Å². The largest absolute Gasteiger partial charge is 0.507 e. The van der Waals surface area contributed by atoms with E-state index < -0.39 is 15.6 Å². The molecule has 9 heteroatoms. The fourth-order valence-electron chi connectivity index (χ4n) is 3.39. The van der Waals surface area contributed by atoms with Gasteiger partial charge in [0.15, 0.2) is 17.3 Å². The van der Waals surface area contributed by atoms with Crippen molar-refractivity contribution in [3.8, 4) is 23.0 Å². The summed E-state index contributed by atoms with van der Waals surface area (Å²) in [5, 5.41) is 10.5. The maximum Gasteiger partial charge on any atom is 0.262 e. The number of benzene rings is 2. The molecule has 0 heterocycles. The highest BCUT2D eigenvalue weighted by molar-refractivity contribution is 7.98. The van der Waals surface area contributed by atoms with Gasteiger partial charge in [-0.15, -0.1) is 0 Å². The van der Waals surface area contributed by atoms with E-state index in [1.165, 1.54) is 19.4 Å². The molecule has 0 bridgehead atoms. The predicted molar refractivity (Wildman–Crippen MR) is 143 cm³/mol. The number of aromatic hydroxyl groups is 1. The number of methoxy groups -OCH3 is 1. The minimum Gasteiger partial charge on any atom is -0.507 e. The number of phenolic OH excluding ortho intramolecular Hbond substituents is 1. The fourth-order valence-corrected chi connectivity index (χ4v) is 3.90. The first kappa shape index (κ1) is 29.0. The number of phenols is 1. The number of unbranched alkanes of at least 4 members (excludes halogenated alkanes) is 1. The lowest BCUT2D eigenvalue weighted by molar-refractivity contribution is 0.0935. The standard InChI is InChI=1S/C27H37NO7S/c1-18-22(13-11-20(25(18)30)21(29)17-27(2,3)4)34-14-8-9-15-35-24-16-19(10-12-23(24)33-5)26(31)28-36(6,7)32/h10-13,16,30H,6,8-9,14-15,17H2,1-5,7H3,(H,28,31,32). The van der Waals surface area contributed by atoms with E-state index in [9.17, 15) is 18.9 Å². The van der Waals surface area contributed by atoms with Crippen molar-refractivity contribution >= 4 is 27.3 Å². The van der Waals surface area contributed by atoms with E-state index in [1.807, 2.05) is 20.8 Å². The van der Waals surface area contributed by atoms with Gasteiger partial charge in [-0.3, -0.25) is 14.3 Å². The maximum absolute atomic E-state index is 12.5. The first-order chi connectivity index (χ1) is 16.7. The average Bonchev–Trinajstić information content (AvgIpc) is 2.76. The molecule has 0 aromatic heterocycles. The van der Waals surface area contributed by atoms with Gasteiger partial charge < -0.3 is 19.3 Å². The summed E-state index contributed by atoms with van der Waals surface area (Å²) in [4.78, 5) is 24.8. The van der Waals surface area contributed by atoms with Crippen molar-refractivity contribution in [3.05, 3.63) is 47.0 Å². The molecule has 1 amide bonds. The summed E-state index contributed by atoms with van der Waals surface area (Å²) in [7, 11) is -1.18. The lowest BCUT2D eigenvalue weighted by Gasteiger charge is -2.18. The highest BCUT2D eigenvalue weighted by Crippen LogP contribution is 2.33. The van der Waals surface area contributed by atoms with Crippen molar-refractivity contribution in [2.45, 2.75) is 47.0 Å².